The van der Waals surface area contributed by atoms with Gasteiger partial charge in [0.1, 0.15) is 11.9 Å². The Balaban J connectivity index is 0.000000810. The van der Waals surface area contributed by atoms with Gasteiger partial charge in [0, 0.05) is 13.8 Å². The molecule has 1 aromatic heterocycles. The lowest BCUT2D eigenvalue weighted by atomic mass is 10.5. The van der Waals surface area contributed by atoms with Crippen molar-refractivity contribution in [2.45, 2.75) is 13.8 Å². The molecule has 0 aliphatic carbocycles. The first kappa shape index (κ1) is 9.17. The second-order valence-electron chi connectivity index (χ2n) is 2.49. The van der Waals surface area contributed by atoms with Gasteiger partial charge < -0.3 is 5.48 Å². The molecule has 0 saturated carbocycles. The number of aromatic nitrogens is 2. The molecular formula is C7H14N2O. The van der Waals surface area contributed by atoms with Crippen LogP contribution in [-0.4, -0.2) is 10.0 Å². The lowest BCUT2D eigenvalue weighted by Gasteiger charge is -1.87. The second-order valence-corrected chi connectivity index (χ2v) is 2.49. The Morgan fingerprint density at radius 1 is 1.40 bits per heavy atom. The fourth-order valence-electron chi connectivity index (χ4n) is 0.952. The zero-order chi connectivity index (χ0) is 7.02. The van der Waals surface area contributed by atoms with Gasteiger partial charge in [-0.2, -0.15) is 0 Å². The molecule has 0 atom stereocenters. The third kappa shape index (κ3) is 1.19. The number of nitrogens with zero attached hydrogens (tertiary/aromatic N) is 2. The Morgan fingerprint density at radius 3 is 2.00 bits per heavy atom. The molecule has 0 aliphatic rings. The van der Waals surface area contributed by atoms with E-state index < -0.39 is 0 Å². The molecule has 58 valence electrons. The minimum Gasteiger partial charge on any atom is -0.870 e. The highest BCUT2D eigenvalue weighted by Crippen LogP contribution is 1.94. The minimum atomic E-state index is 0. The summed E-state index contributed by atoms with van der Waals surface area (Å²) >= 11 is 0. The van der Waals surface area contributed by atoms with Crippen molar-refractivity contribution in [2.75, 3.05) is 0 Å². The highest BCUT2D eigenvalue weighted by atomic mass is 16.0. The fraction of sp³-hybridized carbons (Fsp3) is 0.571. The SMILES string of the molecule is Cc1c[n+](C)c(C)n1C.[OH-]. The van der Waals surface area contributed by atoms with Crippen molar-refractivity contribution < 1.29 is 10.0 Å². The molecule has 0 radical (unpaired) electrons. The van der Waals surface area contributed by atoms with E-state index in [4.69, 9.17) is 0 Å². The maximum absolute atomic E-state index is 2.17. The van der Waals surface area contributed by atoms with Gasteiger partial charge in [0.25, 0.3) is 5.82 Å². The first-order valence-corrected chi connectivity index (χ1v) is 3.11. The van der Waals surface area contributed by atoms with Crippen LogP contribution in [0.1, 0.15) is 11.5 Å². The molecular weight excluding hydrogens is 128 g/mol. The molecule has 0 spiro atoms. The Kier molecular flexibility index (Phi) is 2.60. The van der Waals surface area contributed by atoms with E-state index in [-0.39, 0.29) is 5.48 Å². The van der Waals surface area contributed by atoms with Crippen LogP contribution < -0.4 is 4.57 Å². The van der Waals surface area contributed by atoms with Crippen LogP contribution in [-0.2, 0) is 14.1 Å². The molecule has 3 heteroatoms. The standard InChI is InChI=1S/C7H13N2.H2O/c1-6-5-8(3)7(2)9(6)4;/h5H,1-4H3;1H2/q+1;/p-1. The molecule has 1 aromatic rings. The predicted octanol–water partition coefficient (Wildman–Crippen LogP) is 0.290. The monoisotopic (exact) mass is 142 g/mol. The molecule has 0 saturated heterocycles. The van der Waals surface area contributed by atoms with E-state index in [2.05, 4.69) is 43.3 Å². The van der Waals surface area contributed by atoms with Crippen LogP contribution >= 0.6 is 0 Å². The zero-order valence-corrected chi connectivity index (χ0v) is 6.92. The van der Waals surface area contributed by atoms with Crippen molar-refractivity contribution >= 4 is 0 Å². The van der Waals surface area contributed by atoms with E-state index in [1.807, 2.05) is 0 Å². The predicted molar refractivity (Wildman–Crippen MR) is 38.0 cm³/mol. The highest BCUT2D eigenvalue weighted by Gasteiger charge is 2.07. The number of hydrogen-bond donors (Lipinski definition) is 0. The van der Waals surface area contributed by atoms with Crippen LogP contribution in [0.25, 0.3) is 0 Å². The van der Waals surface area contributed by atoms with Gasteiger partial charge in [0.2, 0.25) is 0 Å². The quantitative estimate of drug-likeness (QED) is 0.480. The normalized spacial score (nSPS) is 9.20. The van der Waals surface area contributed by atoms with Gasteiger partial charge in [-0.05, 0) is 0 Å². The van der Waals surface area contributed by atoms with Crippen molar-refractivity contribution in [3.63, 3.8) is 0 Å². The first-order chi connectivity index (χ1) is 4.13. The summed E-state index contributed by atoms with van der Waals surface area (Å²) in [5, 5.41) is 0. The molecule has 0 unspecified atom stereocenters. The average Bonchev–Trinajstić information content (AvgIpc) is 1.98. The van der Waals surface area contributed by atoms with E-state index in [0.29, 0.717) is 0 Å². The third-order valence-electron chi connectivity index (χ3n) is 1.91. The number of imidazole rings is 1. The van der Waals surface area contributed by atoms with Crippen molar-refractivity contribution in [1.29, 1.82) is 0 Å². The van der Waals surface area contributed by atoms with Crippen LogP contribution in [0.5, 0.6) is 0 Å². The van der Waals surface area contributed by atoms with Gasteiger partial charge in [-0.25, -0.2) is 9.13 Å². The van der Waals surface area contributed by atoms with Crippen LogP contribution in [0.4, 0.5) is 0 Å². The van der Waals surface area contributed by atoms with E-state index in [0.717, 1.165) is 0 Å². The topological polar surface area (TPSA) is 38.8 Å². The summed E-state index contributed by atoms with van der Waals surface area (Å²) in [5.74, 6) is 1.28. The van der Waals surface area contributed by atoms with Crippen LogP contribution in [0.3, 0.4) is 0 Å². The highest BCUT2D eigenvalue weighted by molar-refractivity contribution is 4.92. The van der Waals surface area contributed by atoms with Gasteiger partial charge in [0.15, 0.2) is 0 Å². The lowest BCUT2D eigenvalue weighted by molar-refractivity contribution is -0.677. The molecule has 10 heavy (non-hydrogen) atoms. The number of hydrogen-bond acceptors (Lipinski definition) is 1. The third-order valence-corrected chi connectivity index (χ3v) is 1.91. The van der Waals surface area contributed by atoms with E-state index in [1.54, 1.807) is 0 Å². The van der Waals surface area contributed by atoms with Crippen LogP contribution in [0.15, 0.2) is 6.20 Å². The van der Waals surface area contributed by atoms with E-state index >= 15 is 0 Å². The van der Waals surface area contributed by atoms with Gasteiger partial charge in [0.05, 0.1) is 14.1 Å². The average molecular weight is 142 g/mol. The minimum absolute atomic E-state index is 0. The Hall–Kier alpha value is -0.830. The molecule has 1 rings (SSSR count). The molecule has 3 nitrogen and oxygen atoms in total. The van der Waals surface area contributed by atoms with Crippen LogP contribution in [0.2, 0.25) is 0 Å². The molecule has 1 N–H and O–H groups in total. The zero-order valence-electron chi connectivity index (χ0n) is 6.92. The summed E-state index contributed by atoms with van der Waals surface area (Å²) in [6.07, 6.45) is 2.12. The summed E-state index contributed by atoms with van der Waals surface area (Å²) in [7, 11) is 4.13. The lowest BCUT2D eigenvalue weighted by Crippen LogP contribution is -2.29. The van der Waals surface area contributed by atoms with E-state index in [9.17, 15) is 0 Å². The largest absolute Gasteiger partial charge is 0.870 e. The van der Waals surface area contributed by atoms with Gasteiger partial charge in [-0.15, -0.1) is 0 Å². The summed E-state index contributed by atoms with van der Waals surface area (Å²) < 4.78 is 4.29. The summed E-state index contributed by atoms with van der Waals surface area (Å²) in [6.45, 7) is 4.21. The summed E-state index contributed by atoms with van der Waals surface area (Å²) in [6, 6.07) is 0. The van der Waals surface area contributed by atoms with Gasteiger partial charge >= 0.3 is 0 Å². The summed E-state index contributed by atoms with van der Waals surface area (Å²) in [5.41, 5.74) is 1.30. The Bertz CT molecular complexity index is 205. The molecule has 1 heterocycles. The molecule has 0 amide bonds. The van der Waals surface area contributed by atoms with E-state index in [1.165, 1.54) is 11.5 Å². The molecule has 0 aliphatic heterocycles. The second kappa shape index (κ2) is 2.84. The smallest absolute Gasteiger partial charge is 0.253 e. The Morgan fingerprint density at radius 2 is 1.90 bits per heavy atom. The summed E-state index contributed by atoms with van der Waals surface area (Å²) in [4.78, 5) is 0. The van der Waals surface area contributed by atoms with Crippen molar-refractivity contribution in [3.05, 3.63) is 17.7 Å². The molecule has 0 bridgehead atoms. The van der Waals surface area contributed by atoms with Gasteiger partial charge in [-0.3, -0.25) is 0 Å². The first-order valence-electron chi connectivity index (χ1n) is 3.11. The van der Waals surface area contributed by atoms with Crippen LogP contribution in [0, 0.1) is 13.8 Å². The van der Waals surface area contributed by atoms with Gasteiger partial charge in [-0.1, -0.05) is 0 Å². The van der Waals surface area contributed by atoms with Crippen molar-refractivity contribution in [1.82, 2.24) is 4.57 Å². The maximum atomic E-state index is 2.17. The molecule has 0 fully saturated rings. The fourth-order valence-corrected chi connectivity index (χ4v) is 0.952. The Labute approximate surface area is 61.2 Å². The number of rotatable bonds is 0. The maximum Gasteiger partial charge on any atom is 0.253 e. The molecule has 0 aromatic carbocycles. The van der Waals surface area contributed by atoms with Crippen molar-refractivity contribution in [3.8, 4) is 0 Å². The number of aryl methyl sites for hydroxylation is 2. The van der Waals surface area contributed by atoms with Crippen molar-refractivity contribution in [2.24, 2.45) is 14.1 Å².